The lowest BCUT2D eigenvalue weighted by atomic mass is 9.98. The number of epoxide rings is 1. The maximum absolute atomic E-state index is 7.01. The molecule has 0 aliphatic carbocycles. The fraction of sp³-hybridized carbons (Fsp3) is 0.538. The SMILES string of the molecule is C[C@@H](CCO[Si](c1ccccc1)(c1ccccc1)C(C)(C)C)CCC1OC1(C)C. The van der Waals surface area contributed by atoms with E-state index in [-0.39, 0.29) is 10.6 Å². The number of benzene rings is 2. The molecular weight excluding hydrogens is 372 g/mol. The van der Waals surface area contributed by atoms with Gasteiger partial charge in [0.05, 0.1) is 11.7 Å². The van der Waals surface area contributed by atoms with E-state index in [0.717, 1.165) is 19.4 Å². The third-order valence-electron chi connectivity index (χ3n) is 6.43. The van der Waals surface area contributed by atoms with Gasteiger partial charge in [-0.2, -0.15) is 0 Å². The molecule has 1 saturated heterocycles. The molecule has 0 saturated carbocycles. The van der Waals surface area contributed by atoms with Crippen LogP contribution in [-0.2, 0) is 9.16 Å². The summed E-state index contributed by atoms with van der Waals surface area (Å²) >= 11 is 0. The Morgan fingerprint density at radius 3 is 1.83 bits per heavy atom. The summed E-state index contributed by atoms with van der Waals surface area (Å²) in [6.07, 6.45) is 3.91. The monoisotopic (exact) mass is 410 g/mol. The molecule has 0 radical (unpaired) electrons. The van der Waals surface area contributed by atoms with Gasteiger partial charge >= 0.3 is 0 Å². The van der Waals surface area contributed by atoms with Crippen LogP contribution in [0.2, 0.25) is 5.04 Å². The maximum atomic E-state index is 7.01. The third-order valence-corrected chi connectivity index (χ3v) is 11.5. The topological polar surface area (TPSA) is 21.8 Å². The van der Waals surface area contributed by atoms with E-state index in [0.29, 0.717) is 12.0 Å². The molecule has 0 bridgehead atoms. The van der Waals surface area contributed by atoms with Gasteiger partial charge in [-0.15, -0.1) is 0 Å². The molecule has 2 aromatic rings. The number of ether oxygens (including phenoxy) is 1. The smallest absolute Gasteiger partial charge is 0.261 e. The minimum Gasteiger partial charge on any atom is -0.407 e. The highest BCUT2D eigenvalue weighted by atomic mass is 28.4. The summed E-state index contributed by atoms with van der Waals surface area (Å²) in [6, 6.07) is 21.8. The van der Waals surface area contributed by atoms with Gasteiger partial charge in [-0.3, -0.25) is 0 Å². The quantitative estimate of drug-likeness (QED) is 0.399. The van der Waals surface area contributed by atoms with Crippen molar-refractivity contribution in [3.63, 3.8) is 0 Å². The van der Waals surface area contributed by atoms with Gasteiger partial charge in [0.2, 0.25) is 0 Å². The molecule has 3 heteroatoms. The lowest BCUT2D eigenvalue weighted by Crippen LogP contribution is -2.66. The minimum atomic E-state index is -2.40. The molecule has 1 aliphatic heterocycles. The van der Waals surface area contributed by atoms with E-state index in [4.69, 9.17) is 9.16 Å². The molecule has 1 fully saturated rings. The van der Waals surface area contributed by atoms with E-state index in [1.165, 1.54) is 16.8 Å². The number of hydrogen-bond acceptors (Lipinski definition) is 2. The predicted molar refractivity (Wildman–Crippen MR) is 126 cm³/mol. The molecule has 2 nitrogen and oxygen atoms in total. The van der Waals surface area contributed by atoms with Gasteiger partial charge in [-0.25, -0.2) is 0 Å². The number of hydrogen-bond donors (Lipinski definition) is 0. The van der Waals surface area contributed by atoms with Gasteiger partial charge in [0.15, 0.2) is 0 Å². The molecule has 1 aliphatic rings. The van der Waals surface area contributed by atoms with Crippen LogP contribution in [0, 0.1) is 5.92 Å². The van der Waals surface area contributed by atoms with Gasteiger partial charge in [0.25, 0.3) is 8.32 Å². The van der Waals surface area contributed by atoms with Crippen LogP contribution in [-0.4, -0.2) is 26.6 Å². The van der Waals surface area contributed by atoms with Crippen LogP contribution in [0.3, 0.4) is 0 Å². The van der Waals surface area contributed by atoms with Gasteiger partial charge in [-0.1, -0.05) is 88.4 Å². The van der Waals surface area contributed by atoms with Crippen LogP contribution in [0.1, 0.15) is 60.8 Å². The van der Waals surface area contributed by atoms with Crippen LogP contribution in [0.25, 0.3) is 0 Å². The molecule has 2 aromatic carbocycles. The average Bonchev–Trinajstić information content (AvgIpc) is 3.30. The van der Waals surface area contributed by atoms with Crippen molar-refractivity contribution in [1.82, 2.24) is 0 Å². The van der Waals surface area contributed by atoms with Crippen LogP contribution < -0.4 is 10.4 Å². The molecule has 158 valence electrons. The molecule has 29 heavy (non-hydrogen) atoms. The average molecular weight is 411 g/mol. The first-order chi connectivity index (χ1) is 13.7. The summed E-state index contributed by atoms with van der Waals surface area (Å²) < 4.78 is 12.8. The van der Waals surface area contributed by atoms with Crippen LogP contribution in [0.15, 0.2) is 60.7 Å². The molecule has 0 spiro atoms. The van der Waals surface area contributed by atoms with Crippen molar-refractivity contribution in [3.8, 4) is 0 Å². The molecular formula is C26H38O2Si. The summed E-state index contributed by atoms with van der Waals surface area (Å²) in [5.74, 6) is 0.646. The first-order valence-electron chi connectivity index (χ1n) is 11.1. The summed E-state index contributed by atoms with van der Waals surface area (Å²) in [6.45, 7) is 14.6. The largest absolute Gasteiger partial charge is 0.407 e. The van der Waals surface area contributed by atoms with Crippen LogP contribution in [0.5, 0.6) is 0 Å². The highest BCUT2D eigenvalue weighted by Crippen LogP contribution is 2.40. The zero-order chi connectivity index (χ0) is 21.1. The van der Waals surface area contributed by atoms with E-state index < -0.39 is 8.32 Å². The minimum absolute atomic E-state index is 0.0464. The van der Waals surface area contributed by atoms with Gasteiger partial charge in [0, 0.05) is 6.61 Å². The maximum Gasteiger partial charge on any atom is 0.261 e. The zero-order valence-corrected chi connectivity index (χ0v) is 20.1. The van der Waals surface area contributed by atoms with E-state index in [2.05, 4.69) is 102 Å². The Kier molecular flexibility index (Phi) is 6.72. The van der Waals surface area contributed by atoms with Crippen LogP contribution >= 0.6 is 0 Å². The Labute approximate surface area is 178 Å². The second-order valence-corrected chi connectivity index (χ2v) is 14.5. The first kappa shape index (κ1) is 22.3. The highest BCUT2D eigenvalue weighted by Gasteiger charge is 2.50. The third kappa shape index (κ3) is 5.02. The second kappa shape index (κ2) is 8.75. The van der Waals surface area contributed by atoms with E-state index >= 15 is 0 Å². The van der Waals surface area contributed by atoms with E-state index in [9.17, 15) is 0 Å². The molecule has 0 aromatic heterocycles. The summed E-state index contributed by atoms with van der Waals surface area (Å²) in [4.78, 5) is 0. The van der Waals surface area contributed by atoms with Crippen LogP contribution in [0.4, 0.5) is 0 Å². The Bertz CT molecular complexity index is 725. The lowest BCUT2D eigenvalue weighted by Gasteiger charge is -2.43. The van der Waals surface area contributed by atoms with Crippen molar-refractivity contribution in [3.05, 3.63) is 60.7 Å². The van der Waals surface area contributed by atoms with Crippen molar-refractivity contribution < 1.29 is 9.16 Å². The molecule has 0 N–H and O–H groups in total. The normalized spacial score (nSPS) is 19.7. The van der Waals surface area contributed by atoms with E-state index in [1.54, 1.807) is 0 Å². The Morgan fingerprint density at radius 1 is 0.931 bits per heavy atom. The van der Waals surface area contributed by atoms with Crippen molar-refractivity contribution >= 4 is 18.7 Å². The number of rotatable bonds is 9. The van der Waals surface area contributed by atoms with Crippen molar-refractivity contribution in [2.75, 3.05) is 6.61 Å². The standard InChI is InChI=1S/C26H38O2Si/c1-21(17-18-24-26(5,6)28-24)19-20-27-29(25(2,3)4,22-13-9-7-10-14-22)23-15-11-8-12-16-23/h7-16,21,24H,17-20H2,1-6H3/t21-,24?/m1/s1. The molecule has 3 rings (SSSR count). The molecule has 1 heterocycles. The zero-order valence-electron chi connectivity index (χ0n) is 19.1. The van der Waals surface area contributed by atoms with Gasteiger partial charge in [0.1, 0.15) is 0 Å². The summed E-state index contributed by atoms with van der Waals surface area (Å²) in [5.41, 5.74) is 0.102. The Hall–Kier alpha value is -1.42. The van der Waals surface area contributed by atoms with Gasteiger partial charge < -0.3 is 9.16 Å². The predicted octanol–water partition coefficient (Wildman–Crippen LogP) is 5.55. The molecule has 0 amide bonds. The van der Waals surface area contributed by atoms with Crippen molar-refractivity contribution in [1.29, 1.82) is 0 Å². The fourth-order valence-corrected chi connectivity index (χ4v) is 9.07. The molecule has 1 unspecified atom stereocenters. The molecule has 2 atom stereocenters. The van der Waals surface area contributed by atoms with Gasteiger partial charge in [-0.05, 0) is 54.4 Å². The summed E-state index contributed by atoms with van der Waals surface area (Å²) in [7, 11) is -2.40. The Balaban J connectivity index is 1.75. The summed E-state index contributed by atoms with van der Waals surface area (Å²) in [5, 5.41) is 2.77. The fourth-order valence-electron chi connectivity index (χ4n) is 4.49. The highest BCUT2D eigenvalue weighted by molar-refractivity contribution is 6.99. The van der Waals surface area contributed by atoms with E-state index in [1.807, 2.05) is 0 Å². The second-order valence-electron chi connectivity index (χ2n) is 10.2. The lowest BCUT2D eigenvalue weighted by molar-refractivity contribution is 0.258. The first-order valence-corrected chi connectivity index (χ1v) is 13.0. The van der Waals surface area contributed by atoms with Crippen molar-refractivity contribution in [2.24, 2.45) is 5.92 Å². The Morgan fingerprint density at radius 2 is 1.41 bits per heavy atom. The van der Waals surface area contributed by atoms with Crippen molar-refractivity contribution in [2.45, 2.75) is 77.5 Å².